The second-order valence-corrected chi connectivity index (χ2v) is 6.88. The topological polar surface area (TPSA) is 44.4 Å². The number of aromatic nitrogens is 2. The largest absolute Gasteiger partial charge is 0.495 e. The molecule has 3 aromatic rings. The number of hydrogen-bond acceptors (Lipinski definition) is 5. The van der Waals surface area contributed by atoms with Gasteiger partial charge in [0.1, 0.15) is 5.75 Å². The van der Waals surface area contributed by atoms with Crippen molar-refractivity contribution < 1.29 is 4.74 Å². The highest BCUT2D eigenvalue weighted by atomic mass is 32.2. The summed E-state index contributed by atoms with van der Waals surface area (Å²) < 4.78 is 7.86. The molecule has 1 N–H and O–H groups in total. The number of H-pyrrole nitrogens is 1. The van der Waals surface area contributed by atoms with E-state index in [2.05, 4.69) is 55.6 Å². The first-order valence-corrected chi connectivity index (χ1v) is 9.02. The van der Waals surface area contributed by atoms with Crippen molar-refractivity contribution in [3.63, 3.8) is 0 Å². The van der Waals surface area contributed by atoms with E-state index in [1.165, 1.54) is 10.6 Å². The van der Waals surface area contributed by atoms with Crippen LogP contribution in [-0.2, 0) is 6.54 Å². The molecule has 25 heavy (non-hydrogen) atoms. The molecule has 0 saturated heterocycles. The summed E-state index contributed by atoms with van der Waals surface area (Å²) in [6.07, 6.45) is 3.69. The molecule has 128 valence electrons. The van der Waals surface area contributed by atoms with Crippen LogP contribution in [0.5, 0.6) is 5.75 Å². The number of rotatable bonds is 4. The van der Waals surface area contributed by atoms with Gasteiger partial charge in [0.05, 0.1) is 41.9 Å². The van der Waals surface area contributed by atoms with Crippen LogP contribution < -0.4 is 13.9 Å². The van der Waals surface area contributed by atoms with E-state index in [-0.39, 0.29) is 0 Å². The Labute approximate surface area is 151 Å². The van der Waals surface area contributed by atoms with Gasteiger partial charge in [0.2, 0.25) is 0 Å². The van der Waals surface area contributed by atoms with Crippen LogP contribution in [0.4, 0.5) is 11.4 Å². The molecule has 0 fully saturated rings. The van der Waals surface area contributed by atoms with Gasteiger partial charge in [-0.05, 0) is 36.2 Å². The molecule has 0 amide bonds. The monoisotopic (exact) mass is 352 g/mol. The third kappa shape index (κ3) is 3.30. The smallest absolute Gasteiger partial charge is 0.143 e. The number of aromatic amines is 1. The number of nitrogens with one attached hydrogen (secondary N) is 1. The van der Waals surface area contributed by atoms with Gasteiger partial charge in [0, 0.05) is 19.3 Å². The van der Waals surface area contributed by atoms with Gasteiger partial charge in [0.15, 0.2) is 0 Å². The number of ether oxygens (including phenoxy) is 1. The lowest BCUT2D eigenvalue weighted by Crippen LogP contribution is -2.29. The van der Waals surface area contributed by atoms with Crippen LogP contribution in [0.25, 0.3) is 0 Å². The zero-order valence-corrected chi connectivity index (χ0v) is 14.9. The Morgan fingerprint density at radius 1 is 1.08 bits per heavy atom. The molecule has 0 radical (unpaired) electrons. The predicted molar refractivity (Wildman–Crippen MR) is 102 cm³/mol. The summed E-state index contributed by atoms with van der Waals surface area (Å²) in [5, 5.41) is 0. The predicted octanol–water partition coefficient (Wildman–Crippen LogP) is 3.95. The van der Waals surface area contributed by atoms with Crippen molar-refractivity contribution >= 4 is 23.3 Å². The summed E-state index contributed by atoms with van der Waals surface area (Å²) in [7, 11) is 1.72. The van der Waals surface area contributed by atoms with Gasteiger partial charge in [-0.1, -0.05) is 24.3 Å². The highest BCUT2D eigenvalue weighted by molar-refractivity contribution is 8.00. The summed E-state index contributed by atoms with van der Waals surface area (Å²) in [4.78, 5) is 11.0. The third-order valence-electron chi connectivity index (χ3n) is 4.25. The zero-order chi connectivity index (χ0) is 17.1. The first-order valence-electron chi connectivity index (χ1n) is 8.25. The number of para-hydroxylation sites is 3. The number of methoxy groups -OCH3 is 1. The van der Waals surface area contributed by atoms with Crippen LogP contribution in [0.3, 0.4) is 0 Å². The molecule has 1 aliphatic heterocycles. The molecule has 4 rings (SSSR count). The van der Waals surface area contributed by atoms with Crippen LogP contribution in [0.1, 0.15) is 5.69 Å². The van der Waals surface area contributed by atoms with E-state index in [1.54, 1.807) is 25.4 Å². The van der Waals surface area contributed by atoms with Gasteiger partial charge < -0.3 is 18.9 Å². The van der Waals surface area contributed by atoms with Crippen molar-refractivity contribution in [1.82, 2.24) is 9.97 Å². The second-order valence-electron chi connectivity index (χ2n) is 5.82. The number of imidazole rings is 1. The van der Waals surface area contributed by atoms with Gasteiger partial charge >= 0.3 is 0 Å². The van der Waals surface area contributed by atoms with Crippen molar-refractivity contribution in [3.8, 4) is 5.75 Å². The van der Waals surface area contributed by atoms with Gasteiger partial charge in [-0.2, -0.15) is 0 Å². The number of fused-ring (bicyclic) bond motifs is 1. The highest BCUT2D eigenvalue weighted by Crippen LogP contribution is 2.41. The fourth-order valence-corrected chi connectivity index (χ4v) is 4.12. The van der Waals surface area contributed by atoms with Crippen LogP contribution in [0.2, 0.25) is 0 Å². The van der Waals surface area contributed by atoms with E-state index in [4.69, 9.17) is 4.74 Å². The summed E-state index contributed by atoms with van der Waals surface area (Å²) >= 11 is 1.76. The molecule has 1 aliphatic rings. The normalized spacial score (nSPS) is 14.1. The summed E-state index contributed by atoms with van der Waals surface area (Å²) in [5.41, 5.74) is 3.39. The fraction of sp³-hybridized carbons (Fsp3) is 0.211. The van der Waals surface area contributed by atoms with Crippen molar-refractivity contribution in [2.45, 2.75) is 11.4 Å². The Kier molecular flexibility index (Phi) is 4.52. The number of nitrogens with zero attached hydrogens (tertiary/aromatic N) is 3. The summed E-state index contributed by atoms with van der Waals surface area (Å²) in [6, 6.07) is 16.7. The van der Waals surface area contributed by atoms with Crippen LogP contribution in [0, 0.1) is 0 Å². The average molecular weight is 352 g/mol. The van der Waals surface area contributed by atoms with E-state index >= 15 is 0 Å². The molecule has 2 heterocycles. The molecular weight excluding hydrogens is 332 g/mol. The maximum Gasteiger partial charge on any atom is 0.143 e. The lowest BCUT2D eigenvalue weighted by Gasteiger charge is -2.24. The average Bonchev–Trinajstić information content (AvgIpc) is 3.10. The lowest BCUT2D eigenvalue weighted by atomic mass is 10.2. The molecule has 5 nitrogen and oxygen atoms in total. The molecule has 0 saturated carbocycles. The molecule has 0 bridgehead atoms. The van der Waals surface area contributed by atoms with Gasteiger partial charge in [-0.25, -0.2) is 4.98 Å². The first kappa shape index (κ1) is 15.9. The molecule has 0 atom stereocenters. The first-order chi connectivity index (χ1) is 12.3. The van der Waals surface area contributed by atoms with Crippen molar-refractivity contribution in [2.75, 3.05) is 29.4 Å². The zero-order valence-electron chi connectivity index (χ0n) is 14.1. The van der Waals surface area contributed by atoms with Gasteiger partial charge in [-0.15, -0.1) is 0 Å². The maximum atomic E-state index is 5.56. The highest BCUT2D eigenvalue weighted by Gasteiger charge is 2.23. The Balaban J connectivity index is 1.66. The van der Waals surface area contributed by atoms with E-state index in [9.17, 15) is 0 Å². The van der Waals surface area contributed by atoms with Crippen molar-refractivity contribution in [3.05, 3.63) is 66.7 Å². The molecule has 1 aromatic heterocycles. The molecule has 6 heteroatoms. The number of hydrogen-bond donors (Lipinski definition) is 1. The minimum absolute atomic E-state index is 0.792. The minimum Gasteiger partial charge on any atom is -0.495 e. The Bertz CT molecular complexity index is 837. The van der Waals surface area contributed by atoms with E-state index < -0.39 is 0 Å². The van der Waals surface area contributed by atoms with Crippen LogP contribution >= 0.6 is 11.9 Å². The third-order valence-corrected chi connectivity index (χ3v) is 5.39. The Hall–Kier alpha value is -2.60. The molecular formula is C19H20N4OS. The summed E-state index contributed by atoms with van der Waals surface area (Å²) in [6.45, 7) is 2.60. The molecule has 2 aromatic carbocycles. The lowest BCUT2D eigenvalue weighted by molar-refractivity contribution is 0.416. The number of benzene rings is 2. The molecule has 0 unspecified atom stereocenters. The van der Waals surface area contributed by atoms with E-state index in [0.29, 0.717) is 0 Å². The molecule has 0 aliphatic carbocycles. The maximum absolute atomic E-state index is 5.56. The van der Waals surface area contributed by atoms with Gasteiger partial charge in [-0.3, -0.25) is 0 Å². The quantitative estimate of drug-likeness (QED) is 0.720. The fourth-order valence-electron chi connectivity index (χ4n) is 3.03. The Morgan fingerprint density at radius 2 is 1.88 bits per heavy atom. The van der Waals surface area contributed by atoms with Crippen molar-refractivity contribution in [1.29, 1.82) is 0 Å². The van der Waals surface area contributed by atoms with Crippen LogP contribution in [0.15, 0.2) is 66.0 Å². The Morgan fingerprint density at radius 3 is 2.68 bits per heavy atom. The standard InChI is InChI=1S/C19H20N4OS/c1-24-18-8-4-2-6-16(18)23-11-10-22(13-15-12-20-14-21-15)17-7-3-5-9-19(17)25-23/h2-9,12,14H,10-11,13H2,1H3,(H,20,21). The van der Waals surface area contributed by atoms with Gasteiger partial charge in [0.25, 0.3) is 0 Å². The second kappa shape index (κ2) is 7.11. The van der Waals surface area contributed by atoms with Crippen LogP contribution in [-0.4, -0.2) is 30.2 Å². The number of anilines is 2. The summed E-state index contributed by atoms with van der Waals surface area (Å²) in [5.74, 6) is 0.897. The minimum atomic E-state index is 0.792. The SMILES string of the molecule is COc1ccccc1N1CCN(Cc2c[nH]cn2)c2ccccc2S1. The molecule has 0 spiro atoms. The van der Waals surface area contributed by atoms with E-state index in [0.717, 1.165) is 36.8 Å². The van der Waals surface area contributed by atoms with E-state index in [1.807, 2.05) is 18.3 Å². The van der Waals surface area contributed by atoms with Crippen molar-refractivity contribution in [2.24, 2.45) is 0 Å².